The molecule has 0 aliphatic heterocycles. The molecule has 0 amide bonds. The largest absolute Gasteiger partial charge is 0.307 e. The number of rotatable bonds is 3. The molecule has 0 bridgehead atoms. The fourth-order valence-corrected chi connectivity index (χ4v) is 2.26. The van der Waals surface area contributed by atoms with Gasteiger partial charge in [0.15, 0.2) is 0 Å². The third-order valence-corrected chi connectivity index (χ3v) is 3.54. The van der Waals surface area contributed by atoms with Crippen LogP contribution in [0.3, 0.4) is 0 Å². The molecule has 0 radical (unpaired) electrons. The number of benzene rings is 1. The van der Waals surface area contributed by atoms with Gasteiger partial charge in [0.05, 0.1) is 5.69 Å². The van der Waals surface area contributed by atoms with E-state index in [1.54, 1.807) is 10.6 Å². The maximum Gasteiger partial charge on any atom is 0.268 e. The predicted octanol–water partition coefficient (Wildman–Crippen LogP) is 3.41. The highest BCUT2D eigenvalue weighted by Crippen LogP contribution is 2.21. The summed E-state index contributed by atoms with van der Waals surface area (Å²) in [6.07, 6.45) is 0.854. The first-order chi connectivity index (χ1) is 9.58. The minimum atomic E-state index is -0.204. The molecule has 102 valence electrons. The van der Waals surface area contributed by atoms with Gasteiger partial charge in [-0.15, -0.1) is 0 Å². The van der Waals surface area contributed by atoms with Gasteiger partial charge in [-0.05, 0) is 55.2 Å². The van der Waals surface area contributed by atoms with Gasteiger partial charge in [-0.25, -0.2) is 0 Å². The Morgan fingerprint density at radius 1 is 1.15 bits per heavy atom. The van der Waals surface area contributed by atoms with Crippen LogP contribution in [0.15, 0.2) is 35.1 Å². The van der Waals surface area contributed by atoms with Gasteiger partial charge in [-0.1, -0.05) is 19.1 Å². The zero-order valence-corrected chi connectivity index (χ0v) is 12.1. The normalized spacial score (nSPS) is 10.3. The second-order valence-corrected chi connectivity index (χ2v) is 5.00. The first-order valence-electron chi connectivity index (χ1n) is 6.80. The van der Waals surface area contributed by atoms with Crippen LogP contribution < -0.4 is 5.56 Å². The summed E-state index contributed by atoms with van der Waals surface area (Å²) in [7, 11) is 0. The van der Waals surface area contributed by atoms with Crippen molar-refractivity contribution >= 4 is 0 Å². The van der Waals surface area contributed by atoms with E-state index < -0.39 is 0 Å². The summed E-state index contributed by atoms with van der Waals surface area (Å²) in [5.74, 6) is 0. The maximum atomic E-state index is 12.3. The molecule has 1 aromatic heterocycles. The standard InChI is InChI=1S/C17H18N2O/c1-4-9-19-16(8-7-15(11-18)17(19)20)14-6-5-12(2)13(3)10-14/h5-8,10H,4,9H2,1-3H3. The molecule has 0 saturated carbocycles. The van der Waals surface area contributed by atoms with E-state index in [1.165, 1.54) is 11.1 Å². The van der Waals surface area contributed by atoms with Crippen LogP contribution in [0.4, 0.5) is 0 Å². The Balaban J connectivity index is 2.67. The van der Waals surface area contributed by atoms with Crippen LogP contribution in [-0.4, -0.2) is 4.57 Å². The number of aryl methyl sites for hydroxylation is 2. The van der Waals surface area contributed by atoms with E-state index in [1.807, 2.05) is 25.1 Å². The van der Waals surface area contributed by atoms with E-state index in [0.29, 0.717) is 6.54 Å². The Bertz CT molecular complexity index is 736. The van der Waals surface area contributed by atoms with E-state index in [4.69, 9.17) is 5.26 Å². The minimum Gasteiger partial charge on any atom is -0.307 e. The van der Waals surface area contributed by atoms with E-state index in [2.05, 4.69) is 26.0 Å². The number of nitriles is 1. The monoisotopic (exact) mass is 266 g/mol. The lowest BCUT2D eigenvalue weighted by Gasteiger charge is -2.13. The lowest BCUT2D eigenvalue weighted by atomic mass is 10.0. The molecule has 1 aromatic carbocycles. The molecule has 0 saturated heterocycles. The lowest BCUT2D eigenvalue weighted by Crippen LogP contribution is -2.23. The van der Waals surface area contributed by atoms with Crippen molar-refractivity contribution < 1.29 is 0 Å². The number of hydrogen-bond acceptors (Lipinski definition) is 2. The fraction of sp³-hybridized carbons (Fsp3) is 0.294. The van der Waals surface area contributed by atoms with Crippen LogP contribution in [0, 0.1) is 25.2 Å². The number of aromatic nitrogens is 1. The summed E-state index contributed by atoms with van der Waals surface area (Å²) in [5.41, 5.74) is 4.31. The van der Waals surface area contributed by atoms with Crippen LogP contribution in [0.5, 0.6) is 0 Å². The van der Waals surface area contributed by atoms with Crippen molar-refractivity contribution in [1.29, 1.82) is 5.26 Å². The van der Waals surface area contributed by atoms with Gasteiger partial charge >= 0.3 is 0 Å². The molecule has 0 fully saturated rings. The van der Waals surface area contributed by atoms with Crippen molar-refractivity contribution in [1.82, 2.24) is 4.57 Å². The summed E-state index contributed by atoms with van der Waals surface area (Å²) in [6.45, 7) is 6.77. The summed E-state index contributed by atoms with van der Waals surface area (Å²) in [6, 6.07) is 11.6. The molecule has 0 aliphatic carbocycles. The smallest absolute Gasteiger partial charge is 0.268 e. The van der Waals surface area contributed by atoms with Crippen LogP contribution >= 0.6 is 0 Å². The highest BCUT2D eigenvalue weighted by Gasteiger charge is 2.10. The molecule has 0 aliphatic rings. The van der Waals surface area contributed by atoms with E-state index in [0.717, 1.165) is 17.7 Å². The SMILES string of the molecule is CCCn1c(-c2ccc(C)c(C)c2)ccc(C#N)c1=O. The summed E-state index contributed by atoms with van der Waals surface area (Å²) >= 11 is 0. The van der Waals surface area contributed by atoms with Crippen molar-refractivity contribution in [3.63, 3.8) is 0 Å². The third kappa shape index (κ3) is 2.50. The van der Waals surface area contributed by atoms with Crippen molar-refractivity contribution in [2.75, 3.05) is 0 Å². The van der Waals surface area contributed by atoms with Gasteiger partial charge < -0.3 is 4.57 Å². The summed E-state index contributed by atoms with van der Waals surface area (Å²) < 4.78 is 1.70. The van der Waals surface area contributed by atoms with E-state index >= 15 is 0 Å². The molecule has 0 atom stereocenters. The van der Waals surface area contributed by atoms with Crippen LogP contribution in [0.1, 0.15) is 30.0 Å². The molecule has 2 aromatic rings. The minimum absolute atomic E-state index is 0.200. The van der Waals surface area contributed by atoms with E-state index in [-0.39, 0.29) is 11.1 Å². The molecule has 3 heteroatoms. The first-order valence-corrected chi connectivity index (χ1v) is 6.80. The quantitative estimate of drug-likeness (QED) is 0.854. The first kappa shape index (κ1) is 14.1. The number of nitrogens with zero attached hydrogens (tertiary/aromatic N) is 2. The van der Waals surface area contributed by atoms with Gasteiger partial charge in [0.25, 0.3) is 5.56 Å². The van der Waals surface area contributed by atoms with Crippen LogP contribution in [0.2, 0.25) is 0 Å². The Labute approximate surface area is 119 Å². The van der Waals surface area contributed by atoms with Crippen molar-refractivity contribution in [2.24, 2.45) is 0 Å². The molecular formula is C17H18N2O. The molecule has 0 N–H and O–H groups in total. The average molecular weight is 266 g/mol. The summed E-state index contributed by atoms with van der Waals surface area (Å²) in [4.78, 5) is 12.3. The fourth-order valence-electron chi connectivity index (χ4n) is 2.26. The molecule has 3 nitrogen and oxygen atoms in total. The average Bonchev–Trinajstić information content (AvgIpc) is 2.44. The van der Waals surface area contributed by atoms with Gasteiger partial charge in [0.2, 0.25) is 0 Å². The molecular weight excluding hydrogens is 248 g/mol. The Morgan fingerprint density at radius 2 is 1.90 bits per heavy atom. The van der Waals surface area contributed by atoms with Crippen molar-refractivity contribution in [3.05, 3.63) is 57.4 Å². The molecule has 1 heterocycles. The number of hydrogen-bond donors (Lipinski definition) is 0. The maximum absolute atomic E-state index is 12.3. The molecule has 0 unspecified atom stereocenters. The predicted molar refractivity (Wildman–Crippen MR) is 80.6 cm³/mol. The Kier molecular flexibility index (Phi) is 4.05. The number of pyridine rings is 1. The van der Waals surface area contributed by atoms with Crippen LogP contribution in [0.25, 0.3) is 11.3 Å². The summed E-state index contributed by atoms with van der Waals surface area (Å²) in [5, 5.41) is 8.99. The highest BCUT2D eigenvalue weighted by molar-refractivity contribution is 5.62. The lowest BCUT2D eigenvalue weighted by molar-refractivity contribution is 0.659. The zero-order valence-electron chi connectivity index (χ0n) is 12.1. The van der Waals surface area contributed by atoms with Crippen molar-refractivity contribution in [3.8, 4) is 17.3 Å². The molecule has 2 rings (SSSR count). The molecule has 20 heavy (non-hydrogen) atoms. The highest BCUT2D eigenvalue weighted by atomic mass is 16.1. The Hall–Kier alpha value is -2.34. The van der Waals surface area contributed by atoms with Gasteiger partial charge in [0, 0.05) is 6.54 Å². The van der Waals surface area contributed by atoms with Gasteiger partial charge in [-0.3, -0.25) is 4.79 Å². The topological polar surface area (TPSA) is 45.8 Å². The Morgan fingerprint density at radius 3 is 2.50 bits per heavy atom. The van der Waals surface area contributed by atoms with E-state index in [9.17, 15) is 4.79 Å². The van der Waals surface area contributed by atoms with Crippen LogP contribution in [-0.2, 0) is 6.54 Å². The molecule has 0 spiro atoms. The zero-order chi connectivity index (χ0) is 14.7. The van der Waals surface area contributed by atoms with Crippen molar-refractivity contribution in [2.45, 2.75) is 33.7 Å². The van der Waals surface area contributed by atoms with Gasteiger partial charge in [0.1, 0.15) is 11.6 Å². The van der Waals surface area contributed by atoms with Gasteiger partial charge in [-0.2, -0.15) is 5.26 Å². The third-order valence-electron chi connectivity index (χ3n) is 3.54. The second kappa shape index (κ2) is 5.75. The second-order valence-electron chi connectivity index (χ2n) is 5.00.